The molecule has 21 heavy (non-hydrogen) atoms. The minimum absolute atomic E-state index is 0. The quantitative estimate of drug-likeness (QED) is 0.800. The average molecular weight is 330 g/mol. The van der Waals surface area contributed by atoms with Crippen LogP contribution in [0.5, 0.6) is 0 Å². The normalized spacial score (nSPS) is 14.7. The molecule has 0 aliphatic rings. The summed E-state index contributed by atoms with van der Waals surface area (Å²) < 4.78 is 52.3. The van der Waals surface area contributed by atoms with Crippen molar-refractivity contribution in [1.82, 2.24) is 0 Å². The molecule has 0 radical (unpaired) electrons. The molecule has 0 amide bonds. The zero-order valence-corrected chi connectivity index (χ0v) is 12.6. The first-order valence-electron chi connectivity index (χ1n) is 6.43. The fourth-order valence-electron chi connectivity index (χ4n) is 2.00. The predicted octanol–water partition coefficient (Wildman–Crippen LogP) is 4.06. The number of benzene rings is 1. The van der Waals surface area contributed by atoms with Crippen molar-refractivity contribution in [3.8, 4) is 0 Å². The Bertz CT molecular complexity index is 451. The number of aliphatic hydroxyl groups is 1. The van der Waals surface area contributed by atoms with E-state index in [2.05, 4.69) is 0 Å². The number of hydrogen-bond acceptors (Lipinski definition) is 2. The SMILES string of the molecule is CC(C)CC[C@@H](O)[C@@H](N)c1c(F)cccc1C(F)(F)F.Cl. The summed E-state index contributed by atoms with van der Waals surface area (Å²) in [6.45, 7) is 3.84. The molecule has 0 aromatic heterocycles. The predicted molar refractivity (Wildman–Crippen MR) is 75.7 cm³/mol. The summed E-state index contributed by atoms with van der Waals surface area (Å²) in [6.07, 6.45) is -5.09. The minimum Gasteiger partial charge on any atom is -0.391 e. The first-order valence-corrected chi connectivity index (χ1v) is 6.43. The van der Waals surface area contributed by atoms with Gasteiger partial charge in [-0.2, -0.15) is 13.2 Å². The van der Waals surface area contributed by atoms with Gasteiger partial charge in [0, 0.05) is 5.56 Å². The van der Waals surface area contributed by atoms with Crippen LogP contribution in [-0.2, 0) is 6.18 Å². The molecule has 3 N–H and O–H groups in total. The fourth-order valence-corrected chi connectivity index (χ4v) is 2.00. The number of nitrogens with two attached hydrogens (primary N) is 1. The zero-order valence-electron chi connectivity index (χ0n) is 11.8. The average Bonchev–Trinajstić information content (AvgIpc) is 2.33. The van der Waals surface area contributed by atoms with Crippen LogP contribution in [0.3, 0.4) is 0 Å². The van der Waals surface area contributed by atoms with Crippen molar-refractivity contribution in [2.45, 2.75) is 45.0 Å². The van der Waals surface area contributed by atoms with E-state index >= 15 is 0 Å². The van der Waals surface area contributed by atoms with Gasteiger partial charge in [-0.05, 0) is 30.9 Å². The van der Waals surface area contributed by atoms with E-state index in [1.54, 1.807) is 0 Å². The van der Waals surface area contributed by atoms with E-state index in [0.717, 1.165) is 18.2 Å². The summed E-state index contributed by atoms with van der Waals surface area (Å²) in [5.74, 6) is -0.768. The van der Waals surface area contributed by atoms with E-state index in [1.807, 2.05) is 13.8 Å². The highest BCUT2D eigenvalue weighted by molar-refractivity contribution is 5.85. The molecule has 1 rings (SSSR count). The molecule has 122 valence electrons. The second-order valence-corrected chi connectivity index (χ2v) is 5.26. The highest BCUT2D eigenvalue weighted by Crippen LogP contribution is 2.36. The second-order valence-electron chi connectivity index (χ2n) is 5.26. The molecule has 0 saturated heterocycles. The van der Waals surface area contributed by atoms with Crippen molar-refractivity contribution in [3.63, 3.8) is 0 Å². The van der Waals surface area contributed by atoms with Gasteiger partial charge in [0.25, 0.3) is 0 Å². The smallest absolute Gasteiger partial charge is 0.391 e. The van der Waals surface area contributed by atoms with Crippen LogP contribution in [0.25, 0.3) is 0 Å². The Morgan fingerprint density at radius 3 is 2.24 bits per heavy atom. The lowest BCUT2D eigenvalue weighted by Crippen LogP contribution is -2.30. The monoisotopic (exact) mass is 329 g/mol. The van der Waals surface area contributed by atoms with E-state index in [9.17, 15) is 22.7 Å². The van der Waals surface area contributed by atoms with Crippen molar-refractivity contribution < 1.29 is 22.7 Å². The molecule has 2 nitrogen and oxygen atoms in total. The molecular formula is C14H20ClF4NO. The van der Waals surface area contributed by atoms with Gasteiger partial charge in [0.05, 0.1) is 17.7 Å². The molecule has 0 unspecified atom stereocenters. The van der Waals surface area contributed by atoms with Crippen LogP contribution in [0, 0.1) is 11.7 Å². The fraction of sp³-hybridized carbons (Fsp3) is 0.571. The molecule has 0 aliphatic carbocycles. The minimum atomic E-state index is -4.70. The zero-order chi connectivity index (χ0) is 15.5. The van der Waals surface area contributed by atoms with Gasteiger partial charge in [-0.25, -0.2) is 4.39 Å². The number of aliphatic hydroxyl groups excluding tert-OH is 1. The second kappa shape index (κ2) is 7.96. The van der Waals surface area contributed by atoms with Gasteiger partial charge in [-0.3, -0.25) is 0 Å². The maximum absolute atomic E-state index is 13.7. The largest absolute Gasteiger partial charge is 0.416 e. The number of hydrogen-bond donors (Lipinski definition) is 2. The molecule has 0 spiro atoms. The Balaban J connectivity index is 0.00000400. The van der Waals surface area contributed by atoms with Crippen molar-refractivity contribution >= 4 is 12.4 Å². The van der Waals surface area contributed by atoms with Crippen LogP contribution >= 0.6 is 12.4 Å². The van der Waals surface area contributed by atoms with Crippen LogP contribution in [0.2, 0.25) is 0 Å². The Morgan fingerprint density at radius 2 is 1.76 bits per heavy atom. The van der Waals surface area contributed by atoms with Crippen molar-refractivity contribution in [2.24, 2.45) is 11.7 Å². The van der Waals surface area contributed by atoms with Gasteiger partial charge in [0.1, 0.15) is 5.82 Å². The van der Waals surface area contributed by atoms with E-state index in [-0.39, 0.29) is 24.7 Å². The highest BCUT2D eigenvalue weighted by Gasteiger charge is 2.37. The summed E-state index contributed by atoms with van der Waals surface area (Å²) in [7, 11) is 0. The van der Waals surface area contributed by atoms with Gasteiger partial charge in [-0.1, -0.05) is 19.9 Å². The van der Waals surface area contributed by atoms with Crippen LogP contribution in [-0.4, -0.2) is 11.2 Å². The first kappa shape index (κ1) is 20.1. The van der Waals surface area contributed by atoms with Crippen LogP contribution in [0.1, 0.15) is 43.9 Å². The van der Waals surface area contributed by atoms with Gasteiger partial charge >= 0.3 is 6.18 Å². The molecule has 0 fully saturated rings. The molecular weight excluding hydrogens is 310 g/mol. The topological polar surface area (TPSA) is 46.2 Å². The van der Waals surface area contributed by atoms with Gasteiger partial charge in [0.2, 0.25) is 0 Å². The Labute approximate surface area is 127 Å². The third-order valence-electron chi connectivity index (χ3n) is 3.15. The van der Waals surface area contributed by atoms with Crippen LogP contribution in [0.15, 0.2) is 18.2 Å². The van der Waals surface area contributed by atoms with Crippen molar-refractivity contribution in [2.75, 3.05) is 0 Å². The first-order chi connectivity index (χ1) is 9.14. The lowest BCUT2D eigenvalue weighted by Gasteiger charge is -2.23. The van der Waals surface area contributed by atoms with Crippen LogP contribution in [0.4, 0.5) is 17.6 Å². The lowest BCUT2D eigenvalue weighted by atomic mass is 9.92. The summed E-state index contributed by atoms with van der Waals surface area (Å²) >= 11 is 0. The van der Waals surface area contributed by atoms with Crippen LogP contribution < -0.4 is 5.73 Å². The molecule has 0 aliphatic heterocycles. The maximum atomic E-state index is 13.7. The molecule has 1 aromatic carbocycles. The molecule has 0 bridgehead atoms. The third-order valence-corrected chi connectivity index (χ3v) is 3.15. The van der Waals surface area contributed by atoms with E-state index in [4.69, 9.17) is 5.73 Å². The molecule has 0 heterocycles. The summed E-state index contributed by atoms with van der Waals surface area (Å²) in [5.41, 5.74) is 3.83. The Kier molecular flexibility index (Phi) is 7.64. The molecule has 2 atom stereocenters. The number of alkyl halides is 3. The van der Waals surface area contributed by atoms with E-state index in [1.165, 1.54) is 0 Å². The number of halogens is 5. The summed E-state index contributed by atoms with van der Waals surface area (Å²) in [4.78, 5) is 0. The van der Waals surface area contributed by atoms with E-state index in [0.29, 0.717) is 6.42 Å². The summed E-state index contributed by atoms with van der Waals surface area (Å²) in [5, 5.41) is 9.88. The maximum Gasteiger partial charge on any atom is 0.416 e. The highest BCUT2D eigenvalue weighted by atomic mass is 35.5. The Hall–Kier alpha value is -0.850. The standard InChI is InChI=1S/C14H19F4NO.ClH/c1-8(2)6-7-11(20)13(19)12-9(14(16,17)18)4-3-5-10(12)15;/h3-5,8,11,13,20H,6-7,19H2,1-2H3;1H/t11-,13-;/m1./s1. The van der Waals surface area contributed by atoms with Gasteiger partial charge in [-0.15, -0.1) is 12.4 Å². The van der Waals surface area contributed by atoms with Crippen molar-refractivity contribution in [1.29, 1.82) is 0 Å². The molecule has 7 heteroatoms. The Morgan fingerprint density at radius 1 is 1.19 bits per heavy atom. The van der Waals surface area contributed by atoms with Crippen molar-refractivity contribution in [3.05, 3.63) is 35.1 Å². The molecule has 0 saturated carbocycles. The lowest BCUT2D eigenvalue weighted by molar-refractivity contribution is -0.138. The third kappa shape index (κ3) is 5.45. The molecule has 1 aromatic rings. The van der Waals surface area contributed by atoms with Gasteiger partial charge in [0.15, 0.2) is 0 Å². The summed E-state index contributed by atoms with van der Waals surface area (Å²) in [6, 6.07) is 1.27. The number of rotatable bonds is 5. The van der Waals surface area contributed by atoms with Gasteiger partial charge < -0.3 is 10.8 Å². The van der Waals surface area contributed by atoms with E-state index < -0.39 is 35.3 Å².